The highest BCUT2D eigenvalue weighted by molar-refractivity contribution is 6.46. The van der Waals surface area contributed by atoms with E-state index in [9.17, 15) is 29.6 Å². The summed E-state index contributed by atoms with van der Waals surface area (Å²) in [5.41, 5.74) is 0.454. The maximum atomic E-state index is 12.9. The largest absolute Gasteiger partial charge is 0.507 e. The molecule has 33 heavy (non-hydrogen) atoms. The zero-order chi connectivity index (χ0) is 24.1. The third-order valence-electron chi connectivity index (χ3n) is 5.37. The van der Waals surface area contributed by atoms with E-state index in [1.54, 1.807) is 0 Å². The summed E-state index contributed by atoms with van der Waals surface area (Å²) in [7, 11) is 0. The number of aliphatic carboxylic acids is 1. The highest BCUT2D eigenvalue weighted by Gasteiger charge is 2.45. The van der Waals surface area contributed by atoms with Gasteiger partial charge in [-0.1, -0.05) is 18.0 Å². The van der Waals surface area contributed by atoms with Crippen molar-refractivity contribution in [2.24, 2.45) is 0 Å². The van der Waals surface area contributed by atoms with Gasteiger partial charge in [-0.05, 0) is 54.8 Å². The highest BCUT2D eigenvalue weighted by atomic mass is 35.5. The summed E-state index contributed by atoms with van der Waals surface area (Å²) in [6.45, 7) is 0.156. The van der Waals surface area contributed by atoms with Gasteiger partial charge in [-0.3, -0.25) is 24.5 Å². The third kappa shape index (κ3) is 5.38. The lowest BCUT2D eigenvalue weighted by Gasteiger charge is -2.25. The van der Waals surface area contributed by atoms with Crippen LogP contribution in [0.4, 0.5) is 5.69 Å². The van der Waals surface area contributed by atoms with E-state index >= 15 is 0 Å². The molecule has 9 nitrogen and oxygen atoms in total. The lowest BCUT2D eigenvalue weighted by atomic mass is 9.95. The van der Waals surface area contributed by atoms with Crippen LogP contribution in [-0.4, -0.2) is 44.2 Å². The number of halogens is 1. The molecule has 1 atom stereocenters. The van der Waals surface area contributed by atoms with Crippen LogP contribution in [0.2, 0.25) is 5.02 Å². The molecule has 1 fully saturated rings. The number of carbonyl (C=O) groups is 3. The molecule has 1 saturated heterocycles. The van der Waals surface area contributed by atoms with Crippen LogP contribution in [0.25, 0.3) is 5.76 Å². The number of Topliss-reactive ketones (excluding diaryl/α,β-unsaturated/α-hetero) is 1. The Morgan fingerprint density at radius 1 is 1.00 bits per heavy atom. The predicted molar refractivity (Wildman–Crippen MR) is 120 cm³/mol. The van der Waals surface area contributed by atoms with Crippen LogP contribution in [-0.2, 0) is 14.4 Å². The maximum absolute atomic E-state index is 12.9. The summed E-state index contributed by atoms with van der Waals surface area (Å²) in [5, 5.41) is 31.2. The second kappa shape index (κ2) is 10.3. The fourth-order valence-electron chi connectivity index (χ4n) is 3.73. The number of carboxylic acid groups (broad SMARTS) is 1. The summed E-state index contributed by atoms with van der Waals surface area (Å²) < 4.78 is 0. The topological polar surface area (TPSA) is 138 Å². The molecular formula is C23H21ClN2O7. The summed E-state index contributed by atoms with van der Waals surface area (Å²) in [4.78, 5) is 48.2. The van der Waals surface area contributed by atoms with Gasteiger partial charge < -0.3 is 15.1 Å². The quantitative estimate of drug-likeness (QED) is 0.138. The molecule has 0 saturated carbocycles. The van der Waals surface area contributed by atoms with Gasteiger partial charge in [0.2, 0.25) is 0 Å². The number of rotatable bonds is 9. The van der Waals surface area contributed by atoms with Crippen LogP contribution in [0, 0.1) is 10.1 Å². The molecular weight excluding hydrogens is 452 g/mol. The van der Waals surface area contributed by atoms with Crippen molar-refractivity contribution in [2.45, 2.75) is 31.7 Å². The van der Waals surface area contributed by atoms with Crippen molar-refractivity contribution in [1.29, 1.82) is 0 Å². The number of carbonyl (C=O) groups excluding carboxylic acids is 2. The van der Waals surface area contributed by atoms with Crippen molar-refractivity contribution in [3.8, 4) is 0 Å². The number of aliphatic hydroxyl groups is 1. The Balaban J connectivity index is 1.99. The van der Waals surface area contributed by atoms with Gasteiger partial charge in [0.15, 0.2) is 0 Å². The normalized spacial score (nSPS) is 17.4. The maximum Gasteiger partial charge on any atom is 0.303 e. The fraction of sp³-hybridized carbons (Fsp3) is 0.261. The van der Waals surface area contributed by atoms with E-state index < -0.39 is 28.6 Å². The van der Waals surface area contributed by atoms with Crippen LogP contribution < -0.4 is 0 Å². The lowest BCUT2D eigenvalue weighted by Crippen LogP contribution is -2.30. The SMILES string of the molecule is O=C(O)CCCCCN1C(=O)C(=O)/C(=C(/O)c2ccc(Cl)cc2)[C@@H]1c1ccc([N+](=O)[O-])cc1. The monoisotopic (exact) mass is 472 g/mol. The van der Waals surface area contributed by atoms with Crippen LogP contribution >= 0.6 is 11.6 Å². The van der Waals surface area contributed by atoms with Crippen LogP contribution in [0.15, 0.2) is 54.1 Å². The molecule has 2 aromatic carbocycles. The summed E-state index contributed by atoms with van der Waals surface area (Å²) in [5.74, 6) is -2.95. The molecule has 1 aliphatic rings. The molecule has 0 bridgehead atoms. The number of aliphatic hydroxyl groups excluding tert-OH is 1. The van der Waals surface area contributed by atoms with Crippen LogP contribution in [0.5, 0.6) is 0 Å². The van der Waals surface area contributed by atoms with Crippen LogP contribution in [0.1, 0.15) is 42.9 Å². The van der Waals surface area contributed by atoms with Gasteiger partial charge in [-0.2, -0.15) is 0 Å². The molecule has 1 heterocycles. The predicted octanol–water partition coefficient (Wildman–Crippen LogP) is 4.31. The van der Waals surface area contributed by atoms with E-state index in [1.807, 2.05) is 0 Å². The number of nitro benzene ring substituents is 1. The van der Waals surface area contributed by atoms with Crippen molar-refractivity contribution < 1.29 is 29.5 Å². The molecule has 10 heteroatoms. The Morgan fingerprint density at radius 2 is 1.64 bits per heavy atom. The Hall–Kier alpha value is -3.72. The summed E-state index contributed by atoms with van der Waals surface area (Å²) in [6.07, 6.45) is 1.40. The molecule has 0 aromatic heterocycles. The lowest BCUT2D eigenvalue weighted by molar-refractivity contribution is -0.384. The average molecular weight is 473 g/mol. The number of benzene rings is 2. The number of hydrogen-bond acceptors (Lipinski definition) is 6. The summed E-state index contributed by atoms with van der Waals surface area (Å²) in [6, 6.07) is 10.6. The molecule has 3 rings (SSSR count). The van der Waals surface area contributed by atoms with Gasteiger partial charge in [-0.15, -0.1) is 0 Å². The number of carboxylic acids is 1. The number of nitrogens with zero attached hydrogens (tertiary/aromatic N) is 2. The van der Waals surface area contributed by atoms with E-state index in [0.29, 0.717) is 35.4 Å². The van der Waals surface area contributed by atoms with E-state index in [1.165, 1.54) is 53.4 Å². The molecule has 0 aliphatic carbocycles. The number of ketones is 1. The highest BCUT2D eigenvalue weighted by Crippen LogP contribution is 2.40. The smallest absolute Gasteiger partial charge is 0.303 e. The molecule has 1 aliphatic heterocycles. The molecule has 0 radical (unpaired) electrons. The number of amides is 1. The standard InChI is InChI=1S/C23H21ClN2O7/c24-16-9-5-15(6-10-16)21(29)19-20(14-7-11-17(12-8-14)26(32)33)25(23(31)22(19)30)13-3-1-2-4-18(27)28/h5-12,20,29H,1-4,13H2,(H,27,28)/b21-19+/t20-/m0/s1. The van der Waals surface area contributed by atoms with E-state index in [0.717, 1.165) is 0 Å². The van der Waals surface area contributed by atoms with Crippen molar-refractivity contribution in [3.63, 3.8) is 0 Å². The number of non-ortho nitro benzene ring substituents is 1. The van der Waals surface area contributed by atoms with Gasteiger partial charge in [0.25, 0.3) is 17.4 Å². The number of unbranched alkanes of at least 4 members (excludes halogenated alkanes) is 2. The Labute approximate surface area is 194 Å². The fourth-order valence-corrected chi connectivity index (χ4v) is 3.86. The minimum absolute atomic E-state index is 0.00116. The van der Waals surface area contributed by atoms with E-state index in [-0.39, 0.29) is 30.0 Å². The van der Waals surface area contributed by atoms with Crippen molar-refractivity contribution >= 4 is 40.7 Å². The number of nitro groups is 1. The number of likely N-dealkylation sites (tertiary alicyclic amines) is 1. The van der Waals surface area contributed by atoms with Gasteiger partial charge in [0, 0.05) is 35.7 Å². The first-order valence-electron chi connectivity index (χ1n) is 10.2. The molecule has 172 valence electrons. The minimum atomic E-state index is -0.944. The second-order valence-electron chi connectivity index (χ2n) is 7.55. The van der Waals surface area contributed by atoms with Gasteiger partial charge >= 0.3 is 5.97 Å². The van der Waals surface area contributed by atoms with Crippen molar-refractivity contribution in [2.75, 3.05) is 6.54 Å². The zero-order valence-electron chi connectivity index (χ0n) is 17.4. The van der Waals surface area contributed by atoms with E-state index in [4.69, 9.17) is 16.7 Å². The Morgan fingerprint density at radius 3 is 2.21 bits per heavy atom. The van der Waals surface area contributed by atoms with Crippen molar-refractivity contribution in [1.82, 2.24) is 4.90 Å². The molecule has 1 amide bonds. The first kappa shape index (κ1) is 23.9. The molecule has 0 unspecified atom stereocenters. The average Bonchev–Trinajstić information content (AvgIpc) is 3.03. The zero-order valence-corrected chi connectivity index (χ0v) is 18.2. The van der Waals surface area contributed by atoms with Crippen LogP contribution in [0.3, 0.4) is 0 Å². The molecule has 0 spiro atoms. The summed E-state index contributed by atoms with van der Waals surface area (Å²) >= 11 is 5.90. The minimum Gasteiger partial charge on any atom is -0.507 e. The Kier molecular flexibility index (Phi) is 7.44. The third-order valence-corrected chi connectivity index (χ3v) is 5.62. The first-order valence-corrected chi connectivity index (χ1v) is 10.6. The second-order valence-corrected chi connectivity index (χ2v) is 7.99. The van der Waals surface area contributed by atoms with Gasteiger partial charge in [0.1, 0.15) is 5.76 Å². The molecule has 2 N–H and O–H groups in total. The first-order chi connectivity index (χ1) is 15.7. The van der Waals surface area contributed by atoms with E-state index in [2.05, 4.69) is 0 Å². The number of hydrogen-bond donors (Lipinski definition) is 2. The van der Waals surface area contributed by atoms with Gasteiger partial charge in [-0.25, -0.2) is 0 Å². The molecule has 2 aromatic rings. The Bertz CT molecular complexity index is 1110. The van der Waals surface area contributed by atoms with Gasteiger partial charge in [0.05, 0.1) is 16.5 Å². The van der Waals surface area contributed by atoms with Crippen molar-refractivity contribution in [3.05, 3.63) is 80.4 Å².